The second-order valence-electron chi connectivity index (χ2n) is 9.50. The molecule has 0 spiro atoms. The average molecular weight is 439 g/mol. The highest BCUT2D eigenvalue weighted by atomic mass is 19.2. The fourth-order valence-corrected chi connectivity index (χ4v) is 4.98. The third kappa shape index (κ3) is 5.93. The van der Waals surface area contributed by atoms with Gasteiger partial charge in [-0.1, -0.05) is 6.42 Å². The van der Waals surface area contributed by atoms with Crippen LogP contribution in [0.25, 0.3) is 0 Å². The first-order chi connectivity index (χ1) is 15.0. The van der Waals surface area contributed by atoms with Crippen molar-refractivity contribution in [1.82, 2.24) is 10.2 Å². The average Bonchev–Trinajstić information content (AvgIpc) is 2.71. The summed E-state index contributed by atoms with van der Waals surface area (Å²) in [5, 5.41) is 3.25. The SMILES string of the molecule is O=C(N[C@H]1CC[C@H](CCN2CCC(Oc3cc(F)c(F)cc3F)CC2)CC1)C1CCC1. The van der Waals surface area contributed by atoms with Crippen LogP contribution in [0.3, 0.4) is 0 Å². The maximum Gasteiger partial charge on any atom is 0.223 e. The van der Waals surface area contributed by atoms with Gasteiger partial charge in [-0.25, -0.2) is 13.2 Å². The van der Waals surface area contributed by atoms with Crippen molar-refractivity contribution in [2.45, 2.75) is 76.4 Å². The van der Waals surface area contributed by atoms with E-state index >= 15 is 0 Å². The number of piperidine rings is 1. The quantitative estimate of drug-likeness (QED) is 0.621. The van der Waals surface area contributed by atoms with Gasteiger partial charge in [0.05, 0.1) is 0 Å². The van der Waals surface area contributed by atoms with Gasteiger partial charge in [0.15, 0.2) is 23.2 Å². The molecule has 1 heterocycles. The van der Waals surface area contributed by atoms with Gasteiger partial charge in [0.2, 0.25) is 5.91 Å². The molecule has 31 heavy (non-hydrogen) atoms. The number of carbonyl (C=O) groups is 1. The van der Waals surface area contributed by atoms with Crippen LogP contribution in [0.15, 0.2) is 12.1 Å². The summed E-state index contributed by atoms with van der Waals surface area (Å²) in [5.41, 5.74) is 0. The van der Waals surface area contributed by atoms with E-state index in [-0.39, 0.29) is 23.7 Å². The number of nitrogens with zero attached hydrogens (tertiary/aromatic N) is 1. The summed E-state index contributed by atoms with van der Waals surface area (Å²) in [4.78, 5) is 14.5. The van der Waals surface area contributed by atoms with Gasteiger partial charge in [-0.2, -0.15) is 0 Å². The standard InChI is InChI=1S/C24H33F3N2O2/c25-20-14-22(27)23(15-21(20)26)31-19-9-12-29(13-10-19)11-8-16-4-6-18(7-5-16)28-24(30)17-2-1-3-17/h14-19H,1-13H2,(H,28,30)/t16-,18-. The van der Waals surface area contributed by atoms with E-state index in [0.717, 1.165) is 70.6 Å². The lowest BCUT2D eigenvalue weighted by Crippen LogP contribution is -2.43. The van der Waals surface area contributed by atoms with Crippen LogP contribution >= 0.6 is 0 Å². The van der Waals surface area contributed by atoms with Gasteiger partial charge >= 0.3 is 0 Å². The summed E-state index contributed by atoms with van der Waals surface area (Å²) in [7, 11) is 0. The molecule has 4 rings (SSSR count). The van der Waals surface area contributed by atoms with E-state index < -0.39 is 17.5 Å². The second kappa shape index (κ2) is 10.2. The minimum absolute atomic E-state index is 0.176. The van der Waals surface area contributed by atoms with Crippen LogP contribution in [-0.4, -0.2) is 42.6 Å². The van der Waals surface area contributed by atoms with E-state index in [4.69, 9.17) is 4.74 Å². The van der Waals surface area contributed by atoms with E-state index in [9.17, 15) is 18.0 Å². The minimum atomic E-state index is -1.20. The molecule has 1 aliphatic heterocycles. The topological polar surface area (TPSA) is 41.6 Å². The maximum absolute atomic E-state index is 13.8. The van der Waals surface area contributed by atoms with Crippen molar-refractivity contribution in [2.75, 3.05) is 19.6 Å². The van der Waals surface area contributed by atoms with Crippen molar-refractivity contribution in [3.8, 4) is 5.75 Å². The Hall–Kier alpha value is -1.76. The molecule has 3 fully saturated rings. The number of ether oxygens (including phenoxy) is 1. The number of nitrogens with one attached hydrogen (secondary N) is 1. The molecular formula is C24H33F3N2O2. The molecule has 7 heteroatoms. The highest BCUT2D eigenvalue weighted by Crippen LogP contribution is 2.30. The number of likely N-dealkylation sites (tertiary alicyclic amines) is 1. The molecule has 2 aliphatic carbocycles. The number of carbonyl (C=O) groups excluding carboxylic acids is 1. The van der Waals surface area contributed by atoms with Gasteiger partial charge in [0.25, 0.3) is 0 Å². The van der Waals surface area contributed by atoms with E-state index in [2.05, 4.69) is 10.2 Å². The van der Waals surface area contributed by atoms with Gasteiger partial charge in [-0.05, 0) is 70.3 Å². The highest BCUT2D eigenvalue weighted by molar-refractivity contribution is 5.79. The largest absolute Gasteiger partial charge is 0.487 e. The van der Waals surface area contributed by atoms with Crippen LogP contribution in [0.2, 0.25) is 0 Å². The van der Waals surface area contributed by atoms with E-state index in [0.29, 0.717) is 18.0 Å². The van der Waals surface area contributed by atoms with Crippen molar-refractivity contribution in [2.24, 2.45) is 11.8 Å². The fourth-order valence-electron chi connectivity index (χ4n) is 4.98. The molecule has 1 saturated heterocycles. The Balaban J connectivity index is 1.12. The molecule has 172 valence electrons. The Labute approximate surface area is 182 Å². The van der Waals surface area contributed by atoms with Crippen molar-refractivity contribution in [3.05, 3.63) is 29.6 Å². The number of halogens is 3. The van der Waals surface area contributed by atoms with Crippen LogP contribution in [0.4, 0.5) is 13.2 Å². The molecule has 0 atom stereocenters. The van der Waals surface area contributed by atoms with Crippen LogP contribution in [-0.2, 0) is 4.79 Å². The Bertz CT molecular complexity index is 755. The monoisotopic (exact) mass is 438 g/mol. The summed E-state index contributed by atoms with van der Waals surface area (Å²) < 4.78 is 45.8. The molecule has 3 aliphatic rings. The summed E-state index contributed by atoms with van der Waals surface area (Å²) in [6.45, 7) is 2.77. The van der Waals surface area contributed by atoms with E-state index in [1.165, 1.54) is 19.3 Å². The Morgan fingerprint density at radius 3 is 2.26 bits per heavy atom. The van der Waals surface area contributed by atoms with Crippen molar-refractivity contribution < 1.29 is 22.7 Å². The van der Waals surface area contributed by atoms with Crippen LogP contribution in [0.1, 0.15) is 64.2 Å². The molecule has 0 bridgehead atoms. The first kappa shape index (κ1) is 22.4. The molecule has 0 radical (unpaired) electrons. The summed E-state index contributed by atoms with van der Waals surface area (Å²) in [6, 6.07) is 1.68. The molecule has 1 aromatic rings. The van der Waals surface area contributed by atoms with Crippen molar-refractivity contribution >= 4 is 5.91 Å². The molecule has 1 N–H and O–H groups in total. The predicted octanol–water partition coefficient (Wildman–Crippen LogP) is 4.81. The summed E-state index contributed by atoms with van der Waals surface area (Å²) >= 11 is 0. The number of rotatable bonds is 7. The third-order valence-electron chi connectivity index (χ3n) is 7.33. The summed E-state index contributed by atoms with van der Waals surface area (Å²) in [6.07, 6.45) is 10.3. The van der Waals surface area contributed by atoms with Crippen LogP contribution in [0, 0.1) is 29.3 Å². The molecule has 4 nitrogen and oxygen atoms in total. The number of amides is 1. The maximum atomic E-state index is 13.8. The molecule has 2 saturated carbocycles. The van der Waals surface area contributed by atoms with Crippen molar-refractivity contribution in [1.29, 1.82) is 0 Å². The molecule has 0 aromatic heterocycles. The predicted molar refractivity (Wildman–Crippen MR) is 112 cm³/mol. The summed E-state index contributed by atoms with van der Waals surface area (Å²) in [5.74, 6) is -2.12. The zero-order valence-electron chi connectivity index (χ0n) is 18.1. The number of hydrogen-bond donors (Lipinski definition) is 1. The first-order valence-electron chi connectivity index (χ1n) is 11.8. The minimum Gasteiger partial charge on any atom is -0.487 e. The van der Waals surface area contributed by atoms with Gasteiger partial charge in [0, 0.05) is 37.2 Å². The normalized spacial score (nSPS) is 25.8. The lowest BCUT2D eigenvalue weighted by Gasteiger charge is -2.35. The van der Waals surface area contributed by atoms with Crippen molar-refractivity contribution in [3.63, 3.8) is 0 Å². The highest BCUT2D eigenvalue weighted by Gasteiger charge is 2.29. The lowest BCUT2D eigenvalue weighted by atomic mass is 9.82. The third-order valence-corrected chi connectivity index (χ3v) is 7.33. The van der Waals surface area contributed by atoms with Crippen LogP contribution in [0.5, 0.6) is 5.75 Å². The van der Waals surface area contributed by atoms with Crippen LogP contribution < -0.4 is 10.1 Å². The number of benzene rings is 1. The van der Waals surface area contributed by atoms with E-state index in [1.807, 2.05) is 0 Å². The van der Waals surface area contributed by atoms with Gasteiger partial charge in [-0.15, -0.1) is 0 Å². The van der Waals surface area contributed by atoms with E-state index in [1.54, 1.807) is 0 Å². The number of hydrogen-bond acceptors (Lipinski definition) is 3. The zero-order chi connectivity index (χ0) is 21.8. The molecule has 1 aromatic carbocycles. The second-order valence-corrected chi connectivity index (χ2v) is 9.50. The molecular weight excluding hydrogens is 405 g/mol. The Morgan fingerprint density at radius 1 is 0.935 bits per heavy atom. The molecule has 0 unspecified atom stereocenters. The lowest BCUT2D eigenvalue weighted by molar-refractivity contribution is -0.128. The smallest absolute Gasteiger partial charge is 0.223 e. The fraction of sp³-hybridized carbons (Fsp3) is 0.708. The first-order valence-corrected chi connectivity index (χ1v) is 11.8. The Morgan fingerprint density at radius 2 is 1.61 bits per heavy atom. The Kier molecular flexibility index (Phi) is 7.41. The zero-order valence-corrected chi connectivity index (χ0v) is 18.1. The van der Waals surface area contributed by atoms with Gasteiger partial charge in [-0.3, -0.25) is 4.79 Å². The molecule has 1 amide bonds. The van der Waals surface area contributed by atoms with Gasteiger partial charge in [0.1, 0.15) is 6.10 Å². The van der Waals surface area contributed by atoms with Gasteiger partial charge < -0.3 is 15.0 Å².